The van der Waals surface area contributed by atoms with Crippen LogP contribution in [0, 0.1) is 11.3 Å². The minimum absolute atomic E-state index is 0.0239. The van der Waals surface area contributed by atoms with E-state index in [4.69, 9.17) is 4.74 Å². The van der Waals surface area contributed by atoms with Gasteiger partial charge in [-0.1, -0.05) is 0 Å². The van der Waals surface area contributed by atoms with E-state index in [1.165, 1.54) is 0 Å². The van der Waals surface area contributed by atoms with E-state index in [2.05, 4.69) is 0 Å². The van der Waals surface area contributed by atoms with Gasteiger partial charge < -0.3 is 9.64 Å². The molecule has 6 nitrogen and oxygen atoms in total. The van der Waals surface area contributed by atoms with Crippen molar-refractivity contribution in [2.45, 2.75) is 37.9 Å². The molecule has 0 bridgehead atoms. The van der Waals surface area contributed by atoms with Crippen LogP contribution in [0.5, 0.6) is 0 Å². The molecule has 1 atom stereocenters. The Morgan fingerprint density at radius 2 is 1.91 bits per heavy atom. The highest BCUT2D eigenvalue weighted by Crippen LogP contribution is 2.47. The van der Waals surface area contributed by atoms with Gasteiger partial charge in [-0.15, -0.1) is 0 Å². The van der Waals surface area contributed by atoms with Crippen molar-refractivity contribution in [3.05, 3.63) is 0 Å². The van der Waals surface area contributed by atoms with Gasteiger partial charge in [0, 0.05) is 46.1 Å². The standard InChI is InChI=1S/C15H26N2O4S/c1-12(18)16-7-5-15(6-8-16)11-17(9-13(15)10-21-2)22(19,20)14-3-4-14/h13-14H,3-11H2,1-2H3. The first kappa shape index (κ1) is 16.2. The highest BCUT2D eigenvalue weighted by molar-refractivity contribution is 7.90. The summed E-state index contributed by atoms with van der Waals surface area (Å²) >= 11 is 0. The minimum atomic E-state index is -3.12. The Morgan fingerprint density at radius 1 is 1.27 bits per heavy atom. The SMILES string of the molecule is COCC1CN(S(=O)(=O)C2CC2)CC12CCN(C(C)=O)CC2. The summed E-state index contributed by atoms with van der Waals surface area (Å²) in [5, 5.41) is -0.150. The molecular weight excluding hydrogens is 304 g/mol. The highest BCUT2D eigenvalue weighted by atomic mass is 32.2. The second kappa shape index (κ2) is 5.76. The molecule has 1 aliphatic carbocycles. The summed E-state index contributed by atoms with van der Waals surface area (Å²) in [4.78, 5) is 13.4. The lowest BCUT2D eigenvalue weighted by Gasteiger charge is -2.42. The van der Waals surface area contributed by atoms with Gasteiger partial charge in [0.25, 0.3) is 0 Å². The minimum Gasteiger partial charge on any atom is -0.384 e. The van der Waals surface area contributed by atoms with Crippen LogP contribution in [0.2, 0.25) is 0 Å². The van der Waals surface area contributed by atoms with E-state index in [0.29, 0.717) is 19.7 Å². The number of piperidine rings is 1. The first-order valence-corrected chi connectivity index (χ1v) is 9.63. The molecule has 3 fully saturated rings. The summed E-state index contributed by atoms with van der Waals surface area (Å²) in [7, 11) is -1.45. The first-order valence-electron chi connectivity index (χ1n) is 8.12. The molecule has 7 heteroatoms. The molecule has 2 saturated heterocycles. The number of sulfonamides is 1. The van der Waals surface area contributed by atoms with E-state index in [-0.39, 0.29) is 22.5 Å². The van der Waals surface area contributed by atoms with Crippen LogP contribution >= 0.6 is 0 Å². The van der Waals surface area contributed by atoms with Gasteiger partial charge in [-0.3, -0.25) is 4.79 Å². The maximum Gasteiger partial charge on any atom is 0.219 e. The molecule has 1 unspecified atom stereocenters. The molecule has 0 aromatic carbocycles. The zero-order chi connectivity index (χ0) is 16.0. The van der Waals surface area contributed by atoms with Crippen LogP contribution < -0.4 is 0 Å². The topological polar surface area (TPSA) is 66.9 Å². The molecule has 1 saturated carbocycles. The lowest BCUT2D eigenvalue weighted by Crippen LogP contribution is -2.46. The Balaban J connectivity index is 1.76. The predicted octanol–water partition coefficient (Wildman–Crippen LogP) is 0.686. The average Bonchev–Trinajstić information content (AvgIpc) is 3.27. The summed E-state index contributed by atoms with van der Waals surface area (Å²) in [5.41, 5.74) is -0.0239. The summed E-state index contributed by atoms with van der Waals surface area (Å²) in [6, 6.07) is 0. The van der Waals surface area contributed by atoms with Crippen molar-refractivity contribution in [2.75, 3.05) is 39.9 Å². The molecule has 0 aromatic heterocycles. The monoisotopic (exact) mass is 330 g/mol. The number of hydrogen-bond donors (Lipinski definition) is 0. The molecule has 2 heterocycles. The predicted molar refractivity (Wildman–Crippen MR) is 82.8 cm³/mol. The van der Waals surface area contributed by atoms with Gasteiger partial charge in [-0.2, -0.15) is 0 Å². The van der Waals surface area contributed by atoms with Crippen molar-refractivity contribution in [1.82, 2.24) is 9.21 Å². The second-order valence-electron chi connectivity index (χ2n) is 7.06. The number of likely N-dealkylation sites (tertiary alicyclic amines) is 1. The van der Waals surface area contributed by atoms with E-state index in [9.17, 15) is 13.2 Å². The van der Waals surface area contributed by atoms with Crippen molar-refractivity contribution in [3.63, 3.8) is 0 Å². The molecule has 1 amide bonds. The highest BCUT2D eigenvalue weighted by Gasteiger charge is 2.53. The second-order valence-corrected chi connectivity index (χ2v) is 9.27. The third-order valence-corrected chi connectivity index (χ3v) is 7.97. The molecular formula is C15H26N2O4S. The van der Waals surface area contributed by atoms with Crippen LogP contribution in [0.4, 0.5) is 0 Å². The number of nitrogens with zero attached hydrogens (tertiary/aromatic N) is 2. The van der Waals surface area contributed by atoms with Crippen molar-refractivity contribution in [1.29, 1.82) is 0 Å². The first-order chi connectivity index (χ1) is 10.4. The Labute approximate surface area is 132 Å². The van der Waals surface area contributed by atoms with Crippen molar-refractivity contribution in [2.24, 2.45) is 11.3 Å². The third-order valence-electron chi connectivity index (χ3n) is 5.66. The Bertz CT molecular complexity index is 536. The summed E-state index contributed by atoms with van der Waals surface area (Å²) in [5.74, 6) is 0.346. The number of carbonyl (C=O) groups excluding carboxylic acids is 1. The van der Waals surface area contributed by atoms with Crippen LogP contribution in [-0.4, -0.2) is 68.7 Å². The maximum atomic E-state index is 12.6. The molecule has 1 spiro atoms. The average molecular weight is 330 g/mol. The van der Waals surface area contributed by atoms with E-state index in [1.807, 2.05) is 4.90 Å². The number of methoxy groups -OCH3 is 1. The zero-order valence-corrected chi connectivity index (χ0v) is 14.3. The van der Waals surface area contributed by atoms with Crippen LogP contribution in [0.1, 0.15) is 32.6 Å². The molecule has 126 valence electrons. The fraction of sp³-hybridized carbons (Fsp3) is 0.933. The Kier molecular flexibility index (Phi) is 4.24. The number of amides is 1. The molecule has 0 aromatic rings. The molecule has 2 aliphatic heterocycles. The van der Waals surface area contributed by atoms with Gasteiger partial charge in [0.2, 0.25) is 15.9 Å². The van der Waals surface area contributed by atoms with Crippen LogP contribution in [-0.2, 0) is 19.6 Å². The Morgan fingerprint density at radius 3 is 2.41 bits per heavy atom. The van der Waals surface area contributed by atoms with Gasteiger partial charge in [0.1, 0.15) is 0 Å². The normalized spacial score (nSPS) is 29.2. The van der Waals surface area contributed by atoms with Crippen LogP contribution in [0.25, 0.3) is 0 Å². The fourth-order valence-electron chi connectivity index (χ4n) is 4.02. The van der Waals surface area contributed by atoms with E-state index in [1.54, 1.807) is 18.3 Å². The Hall–Kier alpha value is -0.660. The van der Waals surface area contributed by atoms with Gasteiger partial charge in [-0.25, -0.2) is 12.7 Å². The molecule has 3 rings (SSSR count). The molecule has 3 aliphatic rings. The lowest BCUT2D eigenvalue weighted by atomic mass is 9.71. The van der Waals surface area contributed by atoms with Crippen LogP contribution in [0.3, 0.4) is 0 Å². The van der Waals surface area contributed by atoms with Crippen molar-refractivity contribution in [3.8, 4) is 0 Å². The van der Waals surface area contributed by atoms with Gasteiger partial charge in [-0.05, 0) is 31.1 Å². The number of ether oxygens (including phenoxy) is 1. The van der Waals surface area contributed by atoms with Gasteiger partial charge in [0.05, 0.1) is 11.9 Å². The van der Waals surface area contributed by atoms with E-state index < -0.39 is 10.0 Å². The van der Waals surface area contributed by atoms with Crippen LogP contribution in [0.15, 0.2) is 0 Å². The summed E-state index contributed by atoms with van der Waals surface area (Å²) in [6.45, 7) is 4.83. The zero-order valence-electron chi connectivity index (χ0n) is 13.5. The number of carbonyl (C=O) groups is 1. The van der Waals surface area contributed by atoms with E-state index in [0.717, 1.165) is 38.8 Å². The van der Waals surface area contributed by atoms with Crippen molar-refractivity contribution >= 4 is 15.9 Å². The van der Waals surface area contributed by atoms with E-state index >= 15 is 0 Å². The van der Waals surface area contributed by atoms with Gasteiger partial charge >= 0.3 is 0 Å². The fourth-order valence-corrected chi connectivity index (χ4v) is 6.00. The summed E-state index contributed by atoms with van der Waals surface area (Å²) < 4.78 is 32.2. The third kappa shape index (κ3) is 2.78. The smallest absolute Gasteiger partial charge is 0.219 e. The quantitative estimate of drug-likeness (QED) is 0.760. The van der Waals surface area contributed by atoms with Crippen molar-refractivity contribution < 1.29 is 17.9 Å². The lowest BCUT2D eigenvalue weighted by molar-refractivity contribution is -0.131. The molecule has 0 radical (unpaired) electrons. The summed E-state index contributed by atoms with van der Waals surface area (Å²) in [6.07, 6.45) is 3.35. The number of rotatable bonds is 4. The maximum absolute atomic E-state index is 12.6. The van der Waals surface area contributed by atoms with Gasteiger partial charge in [0.15, 0.2) is 0 Å². The molecule has 0 N–H and O–H groups in total. The molecule has 22 heavy (non-hydrogen) atoms. The number of hydrogen-bond acceptors (Lipinski definition) is 4. The largest absolute Gasteiger partial charge is 0.384 e.